The molecule has 0 aromatic heterocycles. The average molecular weight is 364 g/mol. The van der Waals surface area contributed by atoms with Gasteiger partial charge < -0.3 is 20.2 Å². The third-order valence-electron chi connectivity index (χ3n) is 4.17. The van der Waals surface area contributed by atoms with Gasteiger partial charge in [-0.05, 0) is 24.3 Å². The maximum Gasteiger partial charge on any atom is 0.318 e. The predicted molar refractivity (Wildman–Crippen MR) is 104 cm³/mol. The van der Waals surface area contributed by atoms with Crippen molar-refractivity contribution in [3.8, 4) is 0 Å². The Hall–Kier alpha value is -2.08. The molecule has 6 nitrogen and oxygen atoms in total. The van der Waals surface area contributed by atoms with E-state index in [2.05, 4.69) is 19.2 Å². The third-order valence-corrected chi connectivity index (χ3v) is 4.17. The first-order valence-electron chi connectivity index (χ1n) is 9.26. The van der Waals surface area contributed by atoms with Gasteiger partial charge in [-0.1, -0.05) is 44.2 Å². The molecular formula is C20H33N3O3. The van der Waals surface area contributed by atoms with E-state index in [1.54, 1.807) is 19.0 Å². The van der Waals surface area contributed by atoms with Crippen LogP contribution in [-0.2, 0) is 11.2 Å². The summed E-state index contributed by atoms with van der Waals surface area (Å²) in [5.41, 5.74) is 0.997. The number of carbonyl (C=O) groups excluding carboxylic acids is 2. The van der Waals surface area contributed by atoms with Crippen molar-refractivity contribution in [3.63, 3.8) is 0 Å². The number of aliphatic hydroxyl groups excluding tert-OH is 1. The molecule has 0 spiro atoms. The standard InChI is InChI=1S/C20H33N3O3/c1-16(2)11-13-23(12-8-14-24)20(26)21-18(19(25)22(3)4)15-17-9-6-5-7-10-17/h5-7,9-10,16,18,24H,8,11-15H2,1-4H3,(H,21,26)/t18-/m0/s1. The highest BCUT2D eigenvalue weighted by molar-refractivity contribution is 5.87. The van der Waals surface area contributed by atoms with Gasteiger partial charge in [-0.15, -0.1) is 0 Å². The van der Waals surface area contributed by atoms with Crippen molar-refractivity contribution in [2.24, 2.45) is 5.92 Å². The predicted octanol–water partition coefficient (Wildman–Crippen LogP) is 2.13. The van der Waals surface area contributed by atoms with Crippen LogP contribution in [0.5, 0.6) is 0 Å². The highest BCUT2D eigenvalue weighted by Gasteiger charge is 2.25. The number of hydrogen-bond donors (Lipinski definition) is 2. The molecule has 3 amide bonds. The first-order chi connectivity index (χ1) is 12.3. The van der Waals surface area contributed by atoms with Gasteiger partial charge in [-0.3, -0.25) is 4.79 Å². The minimum absolute atomic E-state index is 0.0372. The highest BCUT2D eigenvalue weighted by atomic mass is 16.3. The Morgan fingerprint density at radius 2 is 1.77 bits per heavy atom. The molecule has 0 unspecified atom stereocenters. The Labute approximate surface area is 157 Å². The SMILES string of the molecule is CC(C)CCN(CCCO)C(=O)N[C@@H](Cc1ccccc1)C(=O)N(C)C. The zero-order valence-corrected chi connectivity index (χ0v) is 16.4. The number of nitrogens with one attached hydrogen (secondary N) is 1. The molecule has 0 fully saturated rings. The number of urea groups is 1. The summed E-state index contributed by atoms with van der Waals surface area (Å²) >= 11 is 0. The van der Waals surface area contributed by atoms with Crippen LogP contribution in [0.25, 0.3) is 0 Å². The molecule has 0 aliphatic carbocycles. The van der Waals surface area contributed by atoms with E-state index in [9.17, 15) is 9.59 Å². The number of benzene rings is 1. The van der Waals surface area contributed by atoms with Crippen LogP contribution in [-0.4, -0.2) is 66.7 Å². The lowest BCUT2D eigenvalue weighted by Crippen LogP contribution is -2.52. The summed E-state index contributed by atoms with van der Waals surface area (Å²) < 4.78 is 0. The van der Waals surface area contributed by atoms with Crippen molar-refractivity contribution in [2.45, 2.75) is 39.2 Å². The Morgan fingerprint density at radius 3 is 2.31 bits per heavy atom. The summed E-state index contributed by atoms with van der Waals surface area (Å²) in [5.74, 6) is 0.344. The lowest BCUT2D eigenvalue weighted by atomic mass is 10.1. The fourth-order valence-corrected chi connectivity index (χ4v) is 2.59. The Morgan fingerprint density at radius 1 is 1.12 bits per heavy atom. The Balaban J connectivity index is 2.84. The zero-order chi connectivity index (χ0) is 19.5. The van der Waals surface area contributed by atoms with Gasteiger partial charge in [-0.2, -0.15) is 0 Å². The van der Waals surface area contributed by atoms with Crippen molar-refractivity contribution < 1.29 is 14.7 Å². The minimum atomic E-state index is -0.615. The van der Waals surface area contributed by atoms with E-state index in [1.807, 2.05) is 30.3 Å². The van der Waals surface area contributed by atoms with Crippen LogP contribution in [0.2, 0.25) is 0 Å². The summed E-state index contributed by atoms with van der Waals surface area (Å²) in [6.45, 7) is 5.34. The second kappa shape index (κ2) is 11.5. The first kappa shape index (κ1) is 22.0. The average Bonchev–Trinajstić information content (AvgIpc) is 2.61. The van der Waals surface area contributed by atoms with E-state index in [1.165, 1.54) is 4.90 Å². The summed E-state index contributed by atoms with van der Waals surface area (Å²) in [5, 5.41) is 12.0. The molecule has 1 aromatic rings. The Bertz CT molecular complexity index is 546. The molecule has 1 aromatic carbocycles. The summed E-state index contributed by atoms with van der Waals surface area (Å²) in [6.07, 6.45) is 1.85. The number of likely N-dealkylation sites (N-methyl/N-ethyl adjacent to an activating group) is 1. The van der Waals surface area contributed by atoms with E-state index in [0.29, 0.717) is 31.8 Å². The van der Waals surface area contributed by atoms with Crippen LogP contribution in [0.1, 0.15) is 32.3 Å². The van der Waals surface area contributed by atoms with E-state index < -0.39 is 6.04 Å². The van der Waals surface area contributed by atoms with Gasteiger partial charge in [0.25, 0.3) is 0 Å². The lowest BCUT2D eigenvalue weighted by molar-refractivity contribution is -0.130. The van der Waals surface area contributed by atoms with Gasteiger partial charge in [-0.25, -0.2) is 4.79 Å². The molecule has 26 heavy (non-hydrogen) atoms. The minimum Gasteiger partial charge on any atom is -0.396 e. The molecule has 0 bridgehead atoms. The lowest BCUT2D eigenvalue weighted by Gasteiger charge is -2.28. The maximum absolute atomic E-state index is 12.8. The monoisotopic (exact) mass is 363 g/mol. The van der Waals surface area contributed by atoms with Gasteiger partial charge in [0.05, 0.1) is 0 Å². The molecule has 0 radical (unpaired) electrons. The molecular weight excluding hydrogens is 330 g/mol. The first-order valence-corrected chi connectivity index (χ1v) is 9.26. The zero-order valence-electron chi connectivity index (χ0n) is 16.4. The number of aliphatic hydroxyl groups is 1. The Kier molecular flexibility index (Phi) is 9.73. The van der Waals surface area contributed by atoms with Crippen molar-refractivity contribution in [1.29, 1.82) is 0 Å². The fraction of sp³-hybridized carbons (Fsp3) is 0.600. The van der Waals surface area contributed by atoms with Crippen molar-refractivity contribution in [1.82, 2.24) is 15.1 Å². The van der Waals surface area contributed by atoms with Crippen LogP contribution in [0.4, 0.5) is 4.79 Å². The van der Waals surface area contributed by atoms with Gasteiger partial charge in [0.2, 0.25) is 5.91 Å². The third kappa shape index (κ3) is 7.87. The number of hydrogen-bond acceptors (Lipinski definition) is 3. The second-order valence-electron chi connectivity index (χ2n) is 7.17. The summed E-state index contributed by atoms with van der Waals surface area (Å²) in [7, 11) is 3.38. The summed E-state index contributed by atoms with van der Waals surface area (Å²) in [6, 6.07) is 8.79. The van der Waals surface area contributed by atoms with Crippen LogP contribution in [0, 0.1) is 5.92 Å². The van der Waals surface area contributed by atoms with Crippen LogP contribution < -0.4 is 5.32 Å². The molecule has 0 aliphatic rings. The molecule has 0 heterocycles. The normalized spacial score (nSPS) is 11.9. The quantitative estimate of drug-likeness (QED) is 0.669. The van der Waals surface area contributed by atoms with Crippen LogP contribution in [0.3, 0.4) is 0 Å². The maximum atomic E-state index is 12.8. The molecule has 2 N–H and O–H groups in total. The molecule has 0 aliphatic heterocycles. The van der Waals surface area contributed by atoms with Gasteiger partial charge >= 0.3 is 6.03 Å². The van der Waals surface area contributed by atoms with Gasteiger partial charge in [0, 0.05) is 40.2 Å². The van der Waals surface area contributed by atoms with Crippen molar-refractivity contribution >= 4 is 11.9 Å². The number of amides is 3. The molecule has 1 rings (SSSR count). The number of nitrogens with zero attached hydrogens (tertiary/aromatic N) is 2. The molecule has 0 saturated heterocycles. The summed E-state index contributed by atoms with van der Waals surface area (Å²) in [4.78, 5) is 28.5. The van der Waals surface area contributed by atoms with Crippen molar-refractivity contribution in [3.05, 3.63) is 35.9 Å². The molecule has 146 valence electrons. The van der Waals surface area contributed by atoms with Crippen LogP contribution >= 0.6 is 0 Å². The van der Waals surface area contributed by atoms with Crippen molar-refractivity contribution in [2.75, 3.05) is 33.8 Å². The highest BCUT2D eigenvalue weighted by Crippen LogP contribution is 2.08. The number of rotatable bonds is 10. The second-order valence-corrected chi connectivity index (χ2v) is 7.17. The number of carbonyl (C=O) groups is 2. The molecule has 1 atom stereocenters. The van der Waals surface area contributed by atoms with Gasteiger partial charge in [0.1, 0.15) is 6.04 Å². The topological polar surface area (TPSA) is 72.9 Å². The van der Waals surface area contributed by atoms with E-state index in [-0.39, 0.29) is 18.5 Å². The van der Waals surface area contributed by atoms with Crippen LogP contribution in [0.15, 0.2) is 30.3 Å². The largest absolute Gasteiger partial charge is 0.396 e. The van der Waals surface area contributed by atoms with Gasteiger partial charge in [0.15, 0.2) is 0 Å². The van der Waals surface area contributed by atoms with E-state index in [4.69, 9.17) is 5.11 Å². The fourth-order valence-electron chi connectivity index (χ4n) is 2.59. The molecule has 6 heteroatoms. The smallest absolute Gasteiger partial charge is 0.318 e. The van der Waals surface area contributed by atoms with E-state index in [0.717, 1.165) is 12.0 Å². The molecule has 0 saturated carbocycles. The van der Waals surface area contributed by atoms with E-state index >= 15 is 0 Å².